The summed E-state index contributed by atoms with van der Waals surface area (Å²) < 4.78 is 64.5. The molecule has 0 radical (unpaired) electrons. The van der Waals surface area contributed by atoms with E-state index in [1.807, 2.05) is 0 Å². The molecule has 0 spiro atoms. The van der Waals surface area contributed by atoms with Crippen molar-refractivity contribution in [2.24, 2.45) is 0 Å². The summed E-state index contributed by atoms with van der Waals surface area (Å²) in [7, 11) is -3.42. The van der Waals surface area contributed by atoms with Crippen molar-refractivity contribution in [3.8, 4) is 11.1 Å². The molecule has 0 bridgehead atoms. The van der Waals surface area contributed by atoms with E-state index in [0.717, 1.165) is 24.7 Å². The monoisotopic (exact) mass is 537 g/mol. The molecule has 6 nitrogen and oxygen atoms in total. The molecule has 3 rings (SSSR count). The number of nitrogens with one attached hydrogen (secondary N) is 2. The Kier molecular flexibility index (Phi) is 7.64. The lowest BCUT2D eigenvalue weighted by atomic mass is 9.98. The Bertz CT molecular complexity index is 1430. The highest BCUT2D eigenvalue weighted by Gasteiger charge is 2.34. The number of aromatic nitrogens is 1. The zero-order chi connectivity index (χ0) is 26.9. The lowest BCUT2D eigenvalue weighted by molar-refractivity contribution is -0.137. The number of rotatable bonds is 7. The summed E-state index contributed by atoms with van der Waals surface area (Å²) in [4.78, 5) is 3.90. The molecule has 0 aliphatic heterocycles. The van der Waals surface area contributed by atoms with E-state index in [9.17, 15) is 26.7 Å². The Morgan fingerprint density at radius 3 is 2.25 bits per heavy atom. The molecule has 0 amide bonds. The Hall–Kier alpha value is -3.21. The van der Waals surface area contributed by atoms with E-state index in [2.05, 4.69) is 10.3 Å². The lowest BCUT2D eigenvalue weighted by Crippen LogP contribution is -2.31. The molecule has 0 aliphatic carbocycles. The molecule has 0 atom stereocenters. The zero-order valence-electron chi connectivity index (χ0n) is 19.5. The Morgan fingerprint density at radius 1 is 1.06 bits per heavy atom. The molecule has 3 N–H and O–H groups in total. The lowest BCUT2D eigenvalue weighted by Gasteiger charge is -2.22. The molecule has 36 heavy (non-hydrogen) atoms. The molecule has 0 saturated heterocycles. The minimum atomic E-state index is -4.68. The second kappa shape index (κ2) is 10.0. The molecule has 0 aliphatic rings. The highest BCUT2D eigenvalue weighted by molar-refractivity contribution is 7.90. The van der Waals surface area contributed by atoms with Gasteiger partial charge in [-0.15, -0.1) is 0 Å². The molecule has 0 fully saturated rings. The van der Waals surface area contributed by atoms with Gasteiger partial charge in [0.25, 0.3) is 0 Å². The van der Waals surface area contributed by atoms with Gasteiger partial charge in [-0.2, -0.15) is 13.2 Å². The van der Waals surface area contributed by atoms with Crippen molar-refractivity contribution >= 4 is 38.5 Å². The average Bonchev–Trinajstić information content (AvgIpc) is 2.80. The van der Waals surface area contributed by atoms with Crippen LogP contribution in [0, 0.1) is 5.41 Å². The minimum Gasteiger partial charge on any atom is -0.384 e. The summed E-state index contributed by atoms with van der Waals surface area (Å²) in [5, 5.41) is 20.9. The van der Waals surface area contributed by atoms with Gasteiger partial charge in [0.15, 0.2) is 9.84 Å². The molecular weight excluding hydrogens is 515 g/mol. The third kappa shape index (κ3) is 6.31. The Morgan fingerprint density at radius 2 is 1.69 bits per heavy atom. The molecule has 1 aromatic heterocycles. The molecule has 0 saturated carbocycles. The Balaban J connectivity index is 2.11. The first-order valence-electron chi connectivity index (χ1n) is 10.5. The fraction of sp³-hybridized carbons (Fsp3) is 0.200. The van der Waals surface area contributed by atoms with E-state index < -0.39 is 32.9 Å². The predicted molar refractivity (Wildman–Crippen MR) is 135 cm³/mol. The van der Waals surface area contributed by atoms with Crippen molar-refractivity contribution in [2.45, 2.75) is 30.5 Å². The van der Waals surface area contributed by atoms with Gasteiger partial charge < -0.3 is 15.8 Å². The van der Waals surface area contributed by atoms with E-state index in [1.165, 1.54) is 26.0 Å². The highest BCUT2D eigenvalue weighted by Crippen LogP contribution is 2.37. The van der Waals surface area contributed by atoms with Crippen LogP contribution in [0.5, 0.6) is 0 Å². The van der Waals surface area contributed by atoms with Gasteiger partial charge in [0.1, 0.15) is 5.60 Å². The summed E-state index contributed by atoms with van der Waals surface area (Å²) in [6.45, 7) is 2.66. The molecule has 1 heterocycles. The van der Waals surface area contributed by atoms with Gasteiger partial charge in [-0.25, -0.2) is 8.42 Å². The summed E-state index contributed by atoms with van der Waals surface area (Å²) in [6, 6.07) is 13.5. The smallest absolute Gasteiger partial charge is 0.384 e. The second-order valence-electron chi connectivity index (χ2n) is 8.54. The fourth-order valence-electron chi connectivity index (χ4n) is 3.26. The van der Waals surface area contributed by atoms with Crippen molar-refractivity contribution in [1.29, 1.82) is 5.41 Å². The summed E-state index contributed by atoms with van der Waals surface area (Å²) in [5.74, 6) is 0. The van der Waals surface area contributed by atoms with E-state index >= 15 is 0 Å². The van der Waals surface area contributed by atoms with E-state index in [4.69, 9.17) is 17.0 Å². The maximum Gasteiger partial charge on any atom is 0.418 e. The highest BCUT2D eigenvalue weighted by atomic mass is 35.5. The molecule has 2 aromatic carbocycles. The third-order valence-electron chi connectivity index (χ3n) is 5.21. The number of hydrogen-bond acceptors (Lipinski definition) is 6. The standard InChI is InChI=1S/C25H23ClF3N3O3S/c1-24(2,33)23(30)21(26)22(32-20-14-31-12-11-19(20)25(27,28)29)16-9-7-15(8-10-16)17-5-4-6-18(13-17)36(3,34)35/h4-14,30,32-33H,1-3H3/b22-21+,30-23?. The maximum absolute atomic E-state index is 13.6. The van der Waals surface area contributed by atoms with Gasteiger partial charge in [0.2, 0.25) is 0 Å². The summed E-state index contributed by atoms with van der Waals surface area (Å²) in [6.07, 6.45) is -1.57. The topological polar surface area (TPSA) is 103 Å². The number of anilines is 1. The van der Waals surface area contributed by atoms with Crippen molar-refractivity contribution in [3.05, 3.63) is 83.2 Å². The Labute approximate surface area is 211 Å². The number of benzene rings is 2. The van der Waals surface area contributed by atoms with Crippen LogP contribution >= 0.6 is 11.6 Å². The van der Waals surface area contributed by atoms with E-state index in [-0.39, 0.29) is 21.3 Å². The first-order valence-corrected chi connectivity index (χ1v) is 12.8. The minimum absolute atomic E-state index is 0.0428. The molecule has 3 aromatic rings. The number of sulfone groups is 1. The normalized spacial score (nSPS) is 13.2. The molecular formula is C25H23ClF3N3O3S. The number of hydrogen-bond donors (Lipinski definition) is 3. The predicted octanol–water partition coefficient (Wildman–Crippen LogP) is 5.98. The van der Waals surface area contributed by atoms with Crippen LogP contribution in [0.4, 0.5) is 18.9 Å². The van der Waals surface area contributed by atoms with Crippen molar-refractivity contribution < 1.29 is 26.7 Å². The van der Waals surface area contributed by atoms with Crippen LogP contribution in [0.25, 0.3) is 16.8 Å². The number of pyridine rings is 1. The van der Waals surface area contributed by atoms with Crippen LogP contribution in [-0.2, 0) is 16.0 Å². The van der Waals surface area contributed by atoms with Gasteiger partial charge in [0.05, 0.1) is 38.8 Å². The van der Waals surface area contributed by atoms with Gasteiger partial charge >= 0.3 is 6.18 Å². The van der Waals surface area contributed by atoms with Gasteiger partial charge in [0, 0.05) is 12.5 Å². The van der Waals surface area contributed by atoms with Gasteiger partial charge in [-0.3, -0.25) is 4.98 Å². The van der Waals surface area contributed by atoms with Gasteiger partial charge in [-0.05, 0) is 48.7 Å². The van der Waals surface area contributed by atoms with Crippen LogP contribution in [0.1, 0.15) is 25.0 Å². The molecule has 0 unspecified atom stereocenters. The quantitative estimate of drug-likeness (QED) is 0.322. The third-order valence-corrected chi connectivity index (χ3v) is 6.69. The SMILES string of the molecule is CC(C)(O)C(=N)/C(Cl)=C(\Nc1cnccc1C(F)(F)F)c1ccc(-c2cccc(S(C)(=O)=O)c2)cc1. The average molecular weight is 538 g/mol. The number of alkyl halides is 3. The fourth-order valence-corrected chi connectivity index (χ4v) is 4.31. The first-order chi connectivity index (χ1) is 16.6. The van der Waals surface area contributed by atoms with Crippen molar-refractivity contribution in [3.63, 3.8) is 0 Å². The van der Waals surface area contributed by atoms with Crippen molar-refractivity contribution in [1.82, 2.24) is 4.98 Å². The van der Waals surface area contributed by atoms with E-state index in [1.54, 1.807) is 36.4 Å². The second-order valence-corrected chi connectivity index (χ2v) is 10.9. The number of aliphatic hydroxyl groups is 1. The van der Waals surface area contributed by atoms with Crippen LogP contribution in [0.15, 0.2) is 76.9 Å². The number of halogens is 4. The number of nitrogens with zero attached hydrogens (tertiary/aromatic N) is 1. The van der Waals surface area contributed by atoms with Crippen LogP contribution < -0.4 is 5.32 Å². The zero-order valence-corrected chi connectivity index (χ0v) is 21.1. The van der Waals surface area contributed by atoms with Crippen molar-refractivity contribution in [2.75, 3.05) is 11.6 Å². The largest absolute Gasteiger partial charge is 0.418 e. The van der Waals surface area contributed by atoms with Gasteiger partial charge in [-0.1, -0.05) is 48.0 Å². The van der Waals surface area contributed by atoms with Crippen LogP contribution in [0.2, 0.25) is 0 Å². The summed E-state index contributed by atoms with van der Waals surface area (Å²) >= 11 is 6.42. The summed E-state index contributed by atoms with van der Waals surface area (Å²) in [5.41, 5.74) is -1.89. The first kappa shape index (κ1) is 27.4. The molecule has 190 valence electrons. The van der Waals surface area contributed by atoms with E-state index in [0.29, 0.717) is 16.7 Å². The van der Waals surface area contributed by atoms with Crippen LogP contribution in [0.3, 0.4) is 0 Å². The maximum atomic E-state index is 13.6. The van der Waals surface area contributed by atoms with Crippen LogP contribution in [-0.4, -0.2) is 36.1 Å². The molecule has 11 heteroatoms.